The van der Waals surface area contributed by atoms with E-state index in [9.17, 15) is 23.7 Å². The highest BCUT2D eigenvalue weighted by atomic mass is 31.2. The zero-order valence-corrected chi connectivity index (χ0v) is 19.2. The molecular formula is C16H25N5O8P2-2. The Labute approximate surface area is 178 Å². The predicted octanol–water partition coefficient (Wildman–Crippen LogP) is 0.315. The van der Waals surface area contributed by atoms with Crippen molar-refractivity contribution < 1.29 is 32.7 Å². The first kappa shape index (κ1) is 24.1. The lowest BCUT2D eigenvalue weighted by Crippen LogP contribution is -2.32. The minimum absolute atomic E-state index is 0.00295. The molecule has 3 N–H and O–H groups in total. The molecule has 2 unspecified atom stereocenters. The van der Waals surface area contributed by atoms with Gasteiger partial charge in [0, 0.05) is 17.7 Å². The fraction of sp³-hybridized carbons (Fsp3) is 0.688. The van der Waals surface area contributed by atoms with Crippen LogP contribution in [0.4, 0.5) is 5.95 Å². The number of rotatable bonds is 8. The number of ether oxygens (including phenoxy) is 1. The highest BCUT2D eigenvalue weighted by Crippen LogP contribution is 2.49. The molecule has 3 rings (SSSR count). The van der Waals surface area contributed by atoms with E-state index in [0.717, 1.165) is 0 Å². The van der Waals surface area contributed by atoms with Crippen LogP contribution in [-0.4, -0.2) is 49.9 Å². The zero-order valence-electron chi connectivity index (χ0n) is 17.5. The lowest BCUT2D eigenvalue weighted by molar-refractivity contribution is -0.209. The number of nitrogens with one attached hydrogen (secondary N) is 1. The van der Waals surface area contributed by atoms with E-state index in [0.29, 0.717) is 0 Å². The Balaban J connectivity index is 1.90. The summed E-state index contributed by atoms with van der Waals surface area (Å²) in [5, 5.41) is 4.27. The standard InChI is InChI=1S/C16H27N5O8P2/c1-8(2)30(23,24)27-7-12-11(29-31(25,26)9(3)4)5-13(28-12)21-14-10(6-18-21)15(22)20-16(17)19-14/h6,8-9,11-13H,5,7H2,1-4H3,(H,23,24)(H,25,26)(H3,17,19,20,22)/p-2/t11-,12-,13-/m1/s1. The smallest absolute Gasteiger partial charge is 0.263 e. The molecule has 2 aromatic heterocycles. The molecule has 31 heavy (non-hydrogen) atoms. The van der Waals surface area contributed by atoms with Gasteiger partial charge in [-0.2, -0.15) is 10.1 Å². The highest BCUT2D eigenvalue weighted by molar-refractivity contribution is 7.52. The van der Waals surface area contributed by atoms with Crippen molar-refractivity contribution in [2.45, 2.75) is 63.9 Å². The Kier molecular flexibility index (Phi) is 6.79. The highest BCUT2D eigenvalue weighted by Gasteiger charge is 2.41. The van der Waals surface area contributed by atoms with Crippen LogP contribution in [0, 0.1) is 0 Å². The van der Waals surface area contributed by atoms with Gasteiger partial charge in [0.25, 0.3) is 5.56 Å². The summed E-state index contributed by atoms with van der Waals surface area (Å²) >= 11 is 0. The molecular weight excluding hydrogens is 452 g/mol. The fourth-order valence-electron chi connectivity index (χ4n) is 2.91. The van der Waals surface area contributed by atoms with Gasteiger partial charge in [-0.1, -0.05) is 27.7 Å². The van der Waals surface area contributed by atoms with Crippen molar-refractivity contribution in [2.75, 3.05) is 12.3 Å². The van der Waals surface area contributed by atoms with Crippen molar-refractivity contribution in [1.82, 2.24) is 19.7 Å². The Hall–Kier alpha value is -1.59. The molecule has 0 aliphatic carbocycles. The molecule has 13 nitrogen and oxygen atoms in total. The molecule has 5 atom stereocenters. The molecule has 0 radical (unpaired) electrons. The third-order valence-corrected chi connectivity index (χ3v) is 8.50. The quantitative estimate of drug-likeness (QED) is 0.496. The van der Waals surface area contributed by atoms with Crippen LogP contribution >= 0.6 is 15.2 Å². The summed E-state index contributed by atoms with van der Waals surface area (Å²) in [5.74, 6) is -0.127. The maximum Gasteiger partial charge on any atom is 0.263 e. The average molecular weight is 477 g/mol. The van der Waals surface area contributed by atoms with Gasteiger partial charge >= 0.3 is 0 Å². The average Bonchev–Trinajstić information content (AvgIpc) is 3.23. The summed E-state index contributed by atoms with van der Waals surface area (Å²) in [6, 6.07) is 0. The molecule has 0 aromatic carbocycles. The van der Waals surface area contributed by atoms with Crippen LogP contribution in [0.2, 0.25) is 0 Å². The lowest BCUT2D eigenvalue weighted by Gasteiger charge is -2.33. The zero-order chi connectivity index (χ0) is 23.1. The van der Waals surface area contributed by atoms with Crippen LogP contribution in [0.3, 0.4) is 0 Å². The van der Waals surface area contributed by atoms with Gasteiger partial charge < -0.3 is 38.4 Å². The van der Waals surface area contributed by atoms with Gasteiger partial charge in [0.1, 0.15) is 26.7 Å². The molecule has 1 saturated heterocycles. The maximum absolute atomic E-state index is 12.3. The summed E-state index contributed by atoms with van der Waals surface area (Å²) < 4.78 is 41.9. The number of aromatic amines is 1. The van der Waals surface area contributed by atoms with Crippen LogP contribution < -0.4 is 21.1 Å². The number of aromatic nitrogens is 4. The third kappa shape index (κ3) is 5.09. The largest absolute Gasteiger partial charge is 0.778 e. The van der Waals surface area contributed by atoms with Crippen LogP contribution in [0.5, 0.6) is 0 Å². The van der Waals surface area contributed by atoms with Crippen LogP contribution in [0.15, 0.2) is 11.0 Å². The van der Waals surface area contributed by atoms with Crippen molar-refractivity contribution in [3.8, 4) is 0 Å². The van der Waals surface area contributed by atoms with Crippen LogP contribution in [0.1, 0.15) is 40.3 Å². The first-order valence-electron chi connectivity index (χ1n) is 9.64. The molecule has 1 aliphatic rings. The summed E-state index contributed by atoms with van der Waals surface area (Å²) in [6.45, 7) is 5.43. The van der Waals surface area contributed by atoms with Crippen molar-refractivity contribution in [2.24, 2.45) is 0 Å². The Bertz CT molecular complexity index is 1100. The molecule has 1 fully saturated rings. The number of hydrogen-bond acceptors (Lipinski definition) is 11. The van der Waals surface area contributed by atoms with Crippen LogP contribution in [-0.2, 0) is 22.9 Å². The summed E-state index contributed by atoms with van der Waals surface area (Å²) in [6.07, 6.45) is -1.65. The normalized spacial score (nSPS) is 25.9. The summed E-state index contributed by atoms with van der Waals surface area (Å²) in [5.41, 5.74) is 3.70. The van der Waals surface area contributed by atoms with Crippen molar-refractivity contribution >= 4 is 32.2 Å². The molecule has 2 aromatic rings. The van der Waals surface area contributed by atoms with E-state index in [4.69, 9.17) is 19.5 Å². The van der Waals surface area contributed by atoms with E-state index in [1.54, 1.807) is 0 Å². The SMILES string of the molecule is CC(C)P(=O)([O-])OC[C@H]1O[C@@H](n2ncc3c(=O)[nH]c(N)nc32)C[C@H]1OP(=O)([O-])C(C)C. The minimum atomic E-state index is -4.25. The molecule has 0 spiro atoms. The van der Waals surface area contributed by atoms with Gasteiger partial charge in [0.15, 0.2) is 11.9 Å². The van der Waals surface area contributed by atoms with Gasteiger partial charge in [0.05, 0.1) is 18.9 Å². The molecule has 0 amide bonds. The molecule has 0 saturated carbocycles. The second kappa shape index (κ2) is 8.74. The van der Waals surface area contributed by atoms with Gasteiger partial charge in [-0.3, -0.25) is 9.78 Å². The monoisotopic (exact) mass is 477 g/mol. The lowest BCUT2D eigenvalue weighted by atomic mass is 10.2. The third-order valence-electron chi connectivity index (χ3n) is 4.90. The van der Waals surface area contributed by atoms with E-state index in [-0.39, 0.29) is 23.4 Å². The summed E-state index contributed by atoms with van der Waals surface area (Å²) in [7, 11) is -8.43. The molecule has 15 heteroatoms. The number of hydrogen-bond donors (Lipinski definition) is 2. The van der Waals surface area contributed by atoms with Gasteiger partial charge in [-0.25, -0.2) is 4.68 Å². The topological polar surface area (TPSA) is 198 Å². The maximum atomic E-state index is 12.3. The minimum Gasteiger partial charge on any atom is -0.778 e. The van der Waals surface area contributed by atoms with Crippen LogP contribution in [0.25, 0.3) is 11.0 Å². The second-order valence-electron chi connectivity index (χ2n) is 7.85. The van der Waals surface area contributed by atoms with E-state index in [1.807, 2.05) is 0 Å². The number of fused-ring (bicyclic) bond motifs is 1. The first-order chi connectivity index (χ1) is 14.3. The fourth-order valence-corrected chi connectivity index (χ4v) is 4.41. The van der Waals surface area contributed by atoms with E-state index in [2.05, 4.69) is 15.1 Å². The number of nitrogen functional groups attached to an aromatic ring is 1. The first-order valence-corrected chi connectivity index (χ1v) is 12.9. The van der Waals surface area contributed by atoms with Gasteiger partial charge in [0.2, 0.25) is 5.95 Å². The van der Waals surface area contributed by atoms with Crippen molar-refractivity contribution in [3.05, 3.63) is 16.6 Å². The Morgan fingerprint density at radius 3 is 2.55 bits per heavy atom. The van der Waals surface area contributed by atoms with Gasteiger partial charge in [-0.05, 0) is 0 Å². The summed E-state index contributed by atoms with van der Waals surface area (Å²) in [4.78, 5) is 42.8. The van der Waals surface area contributed by atoms with Crippen molar-refractivity contribution in [1.29, 1.82) is 0 Å². The van der Waals surface area contributed by atoms with Crippen molar-refractivity contribution in [3.63, 3.8) is 0 Å². The number of nitrogens with zero attached hydrogens (tertiary/aromatic N) is 3. The van der Waals surface area contributed by atoms with E-state index in [1.165, 1.54) is 38.6 Å². The van der Waals surface area contributed by atoms with Gasteiger partial charge in [-0.15, -0.1) is 0 Å². The molecule has 0 bridgehead atoms. The predicted molar refractivity (Wildman–Crippen MR) is 107 cm³/mol. The van der Waals surface area contributed by atoms with E-state index < -0.39 is 57.1 Å². The Morgan fingerprint density at radius 1 is 1.29 bits per heavy atom. The Morgan fingerprint density at radius 2 is 1.94 bits per heavy atom. The number of nitrogens with two attached hydrogens (primary N) is 1. The molecule has 3 heterocycles. The molecule has 1 aliphatic heterocycles. The van der Waals surface area contributed by atoms with E-state index >= 15 is 0 Å². The molecule has 174 valence electrons. The number of anilines is 1. The second-order valence-corrected chi connectivity index (χ2v) is 12.5. The number of H-pyrrole nitrogens is 1.